The number of aliphatic carboxylic acids is 1. The summed E-state index contributed by atoms with van der Waals surface area (Å²) in [6, 6.07) is 3.44. The van der Waals surface area contributed by atoms with Crippen LogP contribution < -0.4 is 10.1 Å². The van der Waals surface area contributed by atoms with Crippen LogP contribution in [0.4, 0.5) is 0 Å². The van der Waals surface area contributed by atoms with E-state index in [-0.39, 0.29) is 41.0 Å². The van der Waals surface area contributed by atoms with Crippen LogP contribution in [0, 0.1) is 0 Å². The summed E-state index contributed by atoms with van der Waals surface area (Å²) in [6.45, 7) is 6.68. The molecule has 2 aromatic carbocycles. The Bertz CT molecular complexity index is 1920. The summed E-state index contributed by atoms with van der Waals surface area (Å²) in [4.78, 5) is 52.8. The molecule has 18 nitrogen and oxygen atoms in total. The van der Waals surface area contributed by atoms with E-state index in [4.69, 9.17) is 28.4 Å². The second-order valence-corrected chi connectivity index (χ2v) is 14.8. The van der Waals surface area contributed by atoms with Crippen molar-refractivity contribution in [1.82, 2.24) is 5.32 Å². The number of benzene rings is 2. The third-order valence-electron chi connectivity index (χ3n) is 11.3. The zero-order valence-electron chi connectivity index (χ0n) is 32.1. The molecule has 312 valence electrons. The third kappa shape index (κ3) is 7.21. The molecule has 8 N–H and O–H groups in total. The van der Waals surface area contributed by atoms with E-state index in [0.29, 0.717) is 13.0 Å². The molecule has 11 atom stereocenters. The maximum absolute atomic E-state index is 14.1. The van der Waals surface area contributed by atoms with Crippen molar-refractivity contribution in [3.63, 3.8) is 0 Å². The highest BCUT2D eigenvalue weighted by molar-refractivity contribution is 6.31. The first-order valence-electron chi connectivity index (χ1n) is 18.8. The highest BCUT2D eigenvalue weighted by atomic mass is 16.8. The quantitative estimate of drug-likeness (QED) is 0.0672. The number of unbranched alkanes of at least 4 members (excludes halogenated alkanes) is 1. The molecule has 18 heteroatoms. The number of carboxylic acids is 1. The summed E-state index contributed by atoms with van der Waals surface area (Å²) in [5.41, 5.74) is -3.69. The Labute approximate surface area is 327 Å². The number of methoxy groups -OCH3 is 1. The van der Waals surface area contributed by atoms with Crippen LogP contribution in [-0.4, -0.2) is 140 Å². The van der Waals surface area contributed by atoms with Crippen molar-refractivity contribution >= 4 is 23.3 Å². The molecule has 2 aromatic rings. The molecular formula is C39H49NO17. The number of aromatic hydroxyl groups is 2. The number of phenols is 2. The Morgan fingerprint density at radius 3 is 2.32 bits per heavy atom. The standard InChI is InChI=1S/C39H49NO17/c1-6-8-12-40-22-13-23(54-17(4)39(22,53-7-2)57-37-34(48)32(46)33(47)35(56-37)36(49)50)55-21-15-38(51,16(3)41)14-19-25(21)31(45)27-26(29(19)43)28(42)18-10-9-11-20(52-5)24(18)30(27)44/h9-11,17,21-23,32-35,37,40,43,45-48,51H,6-8,12-15H2,1-5H3,(H,49,50)/t17-,21-,22-,23-,32-,33-,34+,35-,37-,38-,39?/m0/s1. The molecule has 2 aliphatic heterocycles. The summed E-state index contributed by atoms with van der Waals surface area (Å²) in [7, 11) is 1.31. The van der Waals surface area contributed by atoms with E-state index >= 15 is 0 Å². The van der Waals surface area contributed by atoms with Gasteiger partial charge in [-0.05, 0) is 39.8 Å². The number of hydrogen-bond donors (Lipinski definition) is 8. The number of carbonyl (C=O) groups excluding carboxylic acids is 3. The number of aliphatic hydroxyl groups excluding tert-OH is 3. The number of carbonyl (C=O) groups is 4. The van der Waals surface area contributed by atoms with Gasteiger partial charge in [-0.25, -0.2) is 4.79 Å². The fraction of sp³-hybridized carbons (Fsp3) is 0.590. The van der Waals surface area contributed by atoms with Gasteiger partial charge in [-0.15, -0.1) is 0 Å². The lowest BCUT2D eigenvalue weighted by Gasteiger charge is -2.52. The topological polar surface area (TPSA) is 277 Å². The molecule has 4 aliphatic rings. The van der Waals surface area contributed by atoms with Gasteiger partial charge in [0.1, 0.15) is 47.3 Å². The summed E-state index contributed by atoms with van der Waals surface area (Å²) in [6.07, 6.45) is -13.2. The molecule has 2 fully saturated rings. The van der Waals surface area contributed by atoms with Crippen LogP contribution >= 0.6 is 0 Å². The first-order valence-corrected chi connectivity index (χ1v) is 18.8. The minimum absolute atomic E-state index is 0.00208. The molecule has 0 spiro atoms. The van der Waals surface area contributed by atoms with E-state index in [9.17, 15) is 54.9 Å². The largest absolute Gasteiger partial charge is 0.507 e. The molecule has 6 rings (SSSR count). The molecule has 2 saturated heterocycles. The maximum atomic E-state index is 14.1. The number of carboxylic acid groups (broad SMARTS) is 1. The number of aliphatic hydroxyl groups is 4. The second kappa shape index (κ2) is 16.3. The number of ketones is 3. The summed E-state index contributed by atoms with van der Waals surface area (Å²) in [5.74, 6) is -7.12. The van der Waals surface area contributed by atoms with Crippen LogP contribution in [0.1, 0.15) is 102 Å². The molecule has 57 heavy (non-hydrogen) atoms. The number of rotatable bonds is 13. The van der Waals surface area contributed by atoms with E-state index in [1.54, 1.807) is 6.92 Å². The van der Waals surface area contributed by atoms with Gasteiger partial charge >= 0.3 is 5.97 Å². The zero-order valence-corrected chi connectivity index (χ0v) is 32.1. The molecule has 0 aromatic heterocycles. The predicted molar refractivity (Wildman–Crippen MR) is 193 cm³/mol. The average Bonchev–Trinajstić information content (AvgIpc) is 3.16. The summed E-state index contributed by atoms with van der Waals surface area (Å²) >= 11 is 0. The van der Waals surface area contributed by atoms with Crippen molar-refractivity contribution in [3.8, 4) is 17.2 Å². The predicted octanol–water partition coefficient (Wildman–Crippen LogP) is 0.741. The smallest absolute Gasteiger partial charge is 0.335 e. The molecule has 2 heterocycles. The number of ether oxygens (including phenoxy) is 6. The fourth-order valence-corrected chi connectivity index (χ4v) is 8.26. The van der Waals surface area contributed by atoms with Crippen molar-refractivity contribution < 1.29 is 83.3 Å². The molecule has 1 unspecified atom stereocenters. The third-order valence-corrected chi connectivity index (χ3v) is 11.3. The number of nitrogens with one attached hydrogen (secondary N) is 1. The number of phenolic OH excluding ortho intramolecular Hbond substituents is 2. The second-order valence-electron chi connectivity index (χ2n) is 14.8. The maximum Gasteiger partial charge on any atom is 0.335 e. The van der Waals surface area contributed by atoms with Crippen molar-refractivity contribution in [1.29, 1.82) is 0 Å². The Kier molecular flexibility index (Phi) is 12.1. The molecule has 0 radical (unpaired) electrons. The monoisotopic (exact) mass is 803 g/mol. The van der Waals surface area contributed by atoms with Gasteiger partial charge in [0.25, 0.3) is 0 Å². The molecule has 2 aliphatic carbocycles. The zero-order chi connectivity index (χ0) is 41.7. The van der Waals surface area contributed by atoms with Gasteiger partial charge in [0.15, 0.2) is 30.3 Å². The molecule has 0 amide bonds. The Hall–Kier alpha value is -4.08. The van der Waals surface area contributed by atoms with Gasteiger partial charge < -0.3 is 69.5 Å². The Morgan fingerprint density at radius 2 is 1.68 bits per heavy atom. The molecule has 0 saturated carbocycles. The van der Waals surface area contributed by atoms with E-state index in [1.165, 1.54) is 32.2 Å². The lowest BCUT2D eigenvalue weighted by Crippen LogP contribution is -2.70. The normalized spacial score (nSPS) is 33.6. The van der Waals surface area contributed by atoms with Crippen LogP contribution in [0.3, 0.4) is 0 Å². The van der Waals surface area contributed by atoms with Gasteiger partial charge in [0.2, 0.25) is 11.6 Å². The van der Waals surface area contributed by atoms with Gasteiger partial charge in [-0.3, -0.25) is 14.4 Å². The van der Waals surface area contributed by atoms with Crippen LogP contribution in [0.2, 0.25) is 0 Å². The lowest BCUT2D eigenvalue weighted by atomic mass is 9.72. The highest BCUT2D eigenvalue weighted by Gasteiger charge is 2.58. The van der Waals surface area contributed by atoms with Crippen molar-refractivity contribution in [3.05, 3.63) is 51.6 Å². The summed E-state index contributed by atoms with van der Waals surface area (Å²) < 4.78 is 36.0. The van der Waals surface area contributed by atoms with Crippen LogP contribution in [-0.2, 0) is 39.7 Å². The van der Waals surface area contributed by atoms with Crippen LogP contribution in [0.5, 0.6) is 17.2 Å². The van der Waals surface area contributed by atoms with E-state index in [2.05, 4.69) is 5.32 Å². The van der Waals surface area contributed by atoms with Crippen molar-refractivity contribution in [2.24, 2.45) is 0 Å². The van der Waals surface area contributed by atoms with Crippen LogP contribution in [0.25, 0.3) is 0 Å². The number of hydrogen-bond acceptors (Lipinski definition) is 17. The fourth-order valence-electron chi connectivity index (χ4n) is 8.26. The number of fused-ring (bicyclic) bond motifs is 3. The van der Waals surface area contributed by atoms with E-state index in [0.717, 1.165) is 13.3 Å². The Morgan fingerprint density at radius 1 is 0.982 bits per heavy atom. The van der Waals surface area contributed by atoms with Gasteiger partial charge in [-0.1, -0.05) is 25.5 Å². The van der Waals surface area contributed by atoms with Gasteiger partial charge in [0.05, 0.1) is 35.9 Å². The summed E-state index contributed by atoms with van der Waals surface area (Å²) in [5, 5.41) is 80.0. The average molecular weight is 804 g/mol. The minimum atomic E-state index is -2.16. The number of Topliss-reactive ketones (excluding diaryl/α,β-unsaturated/α-hetero) is 1. The van der Waals surface area contributed by atoms with Crippen LogP contribution in [0.15, 0.2) is 18.2 Å². The molecule has 0 bridgehead atoms. The van der Waals surface area contributed by atoms with Gasteiger partial charge in [-0.2, -0.15) is 0 Å². The SMILES string of the molecule is CCCCN[C@H]1C[C@H](O[C@H]2C[C@](O)(C(C)=O)Cc3c(O)c4c(c(O)c32)C(=O)c2c(OC)cccc2C4=O)O[C@@H](C)C1(OCC)O[C@@H]1O[C@H](C(=O)O)[C@@H](O)[C@H](O)[C@H]1O. The van der Waals surface area contributed by atoms with Crippen molar-refractivity contribution in [2.45, 2.75) is 126 Å². The first kappa shape index (κ1) is 42.5. The highest BCUT2D eigenvalue weighted by Crippen LogP contribution is 2.53. The lowest BCUT2D eigenvalue weighted by molar-refractivity contribution is -0.416. The van der Waals surface area contributed by atoms with E-state index < -0.39 is 125 Å². The molecular weight excluding hydrogens is 754 g/mol. The van der Waals surface area contributed by atoms with Gasteiger partial charge in [0, 0.05) is 42.6 Å². The first-order chi connectivity index (χ1) is 27.0. The minimum Gasteiger partial charge on any atom is -0.507 e. The van der Waals surface area contributed by atoms with E-state index in [1.807, 2.05) is 6.92 Å². The Balaban J connectivity index is 1.40. The van der Waals surface area contributed by atoms with Crippen molar-refractivity contribution in [2.75, 3.05) is 20.3 Å².